The maximum absolute atomic E-state index is 9.34. The van der Waals surface area contributed by atoms with Crippen molar-refractivity contribution in [2.45, 2.75) is 13.0 Å². The number of carboxylic acids is 1. The molecule has 0 aromatic rings. The second kappa shape index (κ2) is 11.7. The summed E-state index contributed by atoms with van der Waals surface area (Å²) in [4.78, 5) is 17.7. The number of hydrogen-bond donors (Lipinski definition) is 2. The largest absolute Gasteiger partial charge is 1.00 e. The van der Waals surface area contributed by atoms with Crippen molar-refractivity contribution in [2.24, 2.45) is 0 Å². The van der Waals surface area contributed by atoms with E-state index in [1.165, 1.54) is 0 Å². The van der Waals surface area contributed by atoms with E-state index in [-0.39, 0.29) is 36.0 Å². The van der Waals surface area contributed by atoms with Crippen molar-refractivity contribution >= 4 is 12.4 Å². The fourth-order valence-electron chi connectivity index (χ4n) is 0. The van der Waals surface area contributed by atoms with Crippen LogP contribution in [0.2, 0.25) is 0 Å². The summed E-state index contributed by atoms with van der Waals surface area (Å²) in [5, 5.41) is 24.2. The number of aliphatic hydroxyl groups is 1. The molecule has 0 heterocycles. The molecule has 1 atom stereocenters. The Morgan fingerprint density at radius 1 is 1.70 bits per heavy atom. The van der Waals surface area contributed by atoms with Crippen molar-refractivity contribution in [1.29, 1.82) is 0 Å². The zero-order valence-corrected chi connectivity index (χ0v) is 7.77. The van der Waals surface area contributed by atoms with E-state index < -0.39 is 12.1 Å². The first kappa shape index (κ1) is 16.5. The molecule has 0 aliphatic heterocycles. The third kappa shape index (κ3) is 24.7. The molecular formula is C4H7NaO5. The number of rotatable bonds is 1. The number of carbonyl (C=O) groups is 2. The minimum atomic E-state index is -1.44. The van der Waals surface area contributed by atoms with Crippen LogP contribution in [0.25, 0.3) is 0 Å². The van der Waals surface area contributed by atoms with Crippen LogP contribution in [0.5, 0.6) is 0 Å². The topological polar surface area (TPSA) is 97.7 Å². The first-order valence-electron chi connectivity index (χ1n) is 2.03. The van der Waals surface area contributed by atoms with Crippen LogP contribution >= 0.6 is 0 Å². The number of carbonyl (C=O) groups excluding carboxylic acids is 1. The second-order valence-electron chi connectivity index (χ2n) is 1.10. The zero-order valence-electron chi connectivity index (χ0n) is 5.77. The van der Waals surface area contributed by atoms with E-state index in [9.17, 15) is 9.90 Å². The van der Waals surface area contributed by atoms with Gasteiger partial charge in [0, 0.05) is 0 Å². The Kier molecular flexibility index (Phi) is 19.2. The van der Waals surface area contributed by atoms with E-state index in [1.807, 2.05) is 0 Å². The standard InChI is InChI=1S/C3H6O3.CH2O2.Na/c1-2(4)3(5)6;2-1-3;/h2,4H,1H3,(H,5,6);1H,(H,2,3);/q;;+1/p-1. The van der Waals surface area contributed by atoms with Crippen LogP contribution in [0.4, 0.5) is 0 Å². The molecule has 54 valence electrons. The molecule has 5 nitrogen and oxygen atoms in total. The molecule has 0 saturated carbocycles. The maximum Gasteiger partial charge on any atom is 1.00 e. The Balaban J connectivity index is -0.000000107. The summed E-state index contributed by atoms with van der Waals surface area (Å²) < 4.78 is 0. The van der Waals surface area contributed by atoms with Crippen LogP contribution in [-0.4, -0.2) is 28.8 Å². The first-order chi connectivity index (χ1) is 4.06. The fourth-order valence-corrected chi connectivity index (χ4v) is 0. The van der Waals surface area contributed by atoms with Crippen LogP contribution in [0.1, 0.15) is 6.92 Å². The minimum absolute atomic E-state index is 0. The van der Waals surface area contributed by atoms with Crippen LogP contribution in [0.15, 0.2) is 0 Å². The summed E-state index contributed by atoms with van der Waals surface area (Å²) in [6, 6.07) is 0. The Labute approximate surface area is 80.0 Å². The molecule has 0 aromatic carbocycles. The molecule has 0 aliphatic carbocycles. The number of hydrogen-bond acceptors (Lipinski definition) is 4. The van der Waals surface area contributed by atoms with Crippen LogP contribution in [0, 0.1) is 0 Å². The van der Waals surface area contributed by atoms with Crippen molar-refractivity contribution < 1.29 is 54.5 Å². The molecule has 6 heteroatoms. The number of aliphatic hydroxyl groups excluding tert-OH is 1. The zero-order chi connectivity index (χ0) is 7.86. The van der Waals surface area contributed by atoms with Crippen molar-refractivity contribution in [3.05, 3.63) is 0 Å². The van der Waals surface area contributed by atoms with Crippen molar-refractivity contribution in [3.8, 4) is 0 Å². The Bertz CT molecular complexity index is 91.6. The molecule has 0 bridgehead atoms. The Hall–Kier alpha value is -0.100. The Morgan fingerprint density at radius 3 is 1.80 bits per heavy atom. The second-order valence-corrected chi connectivity index (χ2v) is 1.10. The quantitative estimate of drug-likeness (QED) is 0.293. The van der Waals surface area contributed by atoms with Gasteiger partial charge in [0.2, 0.25) is 0 Å². The third-order valence-corrected chi connectivity index (χ3v) is 0.341. The van der Waals surface area contributed by atoms with Gasteiger partial charge in [0.1, 0.15) is 0 Å². The molecule has 10 heavy (non-hydrogen) atoms. The van der Waals surface area contributed by atoms with E-state index in [2.05, 4.69) is 0 Å². The molecule has 0 fully saturated rings. The molecule has 0 radical (unpaired) electrons. The SMILES string of the molecule is CC(O)C(=O)[O-].O=CO.[Na+]. The molecule has 0 rings (SSSR count). The predicted molar refractivity (Wildman–Crippen MR) is 25.4 cm³/mol. The van der Waals surface area contributed by atoms with Gasteiger partial charge in [-0.3, -0.25) is 4.79 Å². The number of carboxylic acid groups (broad SMARTS) is 2. The monoisotopic (exact) mass is 158 g/mol. The van der Waals surface area contributed by atoms with Gasteiger partial charge in [-0.2, -0.15) is 0 Å². The van der Waals surface area contributed by atoms with Gasteiger partial charge >= 0.3 is 29.6 Å². The van der Waals surface area contributed by atoms with Crippen molar-refractivity contribution in [2.75, 3.05) is 0 Å². The molecule has 0 spiro atoms. The smallest absolute Gasteiger partial charge is 0.547 e. The summed E-state index contributed by atoms with van der Waals surface area (Å²) in [6.45, 7) is 0.884. The molecule has 0 aromatic heterocycles. The van der Waals surface area contributed by atoms with Gasteiger partial charge in [-0.05, 0) is 6.92 Å². The molecule has 0 amide bonds. The molecule has 0 saturated heterocycles. The van der Waals surface area contributed by atoms with Gasteiger partial charge in [-0.1, -0.05) is 0 Å². The summed E-state index contributed by atoms with van der Waals surface area (Å²) in [6.07, 6.45) is -1.34. The van der Waals surface area contributed by atoms with E-state index in [1.54, 1.807) is 0 Å². The molecule has 2 N–H and O–H groups in total. The van der Waals surface area contributed by atoms with Gasteiger partial charge in [-0.15, -0.1) is 0 Å². The van der Waals surface area contributed by atoms with E-state index >= 15 is 0 Å². The predicted octanol–water partition coefficient (Wildman–Crippen LogP) is -5.18. The summed E-state index contributed by atoms with van der Waals surface area (Å²) in [5.74, 6) is -1.44. The van der Waals surface area contributed by atoms with Crippen molar-refractivity contribution in [1.82, 2.24) is 0 Å². The van der Waals surface area contributed by atoms with Gasteiger partial charge in [0.15, 0.2) is 0 Å². The van der Waals surface area contributed by atoms with Gasteiger partial charge in [-0.25, -0.2) is 0 Å². The average Bonchev–Trinajstić information content (AvgIpc) is 1.68. The van der Waals surface area contributed by atoms with Gasteiger partial charge < -0.3 is 20.1 Å². The van der Waals surface area contributed by atoms with Crippen LogP contribution < -0.4 is 34.7 Å². The first-order valence-corrected chi connectivity index (χ1v) is 2.03. The number of aliphatic carboxylic acids is 1. The van der Waals surface area contributed by atoms with E-state index in [4.69, 9.17) is 15.0 Å². The minimum Gasteiger partial charge on any atom is -0.547 e. The Morgan fingerprint density at radius 2 is 1.80 bits per heavy atom. The van der Waals surface area contributed by atoms with E-state index in [0.29, 0.717) is 0 Å². The normalized spacial score (nSPS) is 9.40. The summed E-state index contributed by atoms with van der Waals surface area (Å²) >= 11 is 0. The van der Waals surface area contributed by atoms with Crippen molar-refractivity contribution in [3.63, 3.8) is 0 Å². The van der Waals surface area contributed by atoms with E-state index in [0.717, 1.165) is 6.92 Å². The summed E-state index contributed by atoms with van der Waals surface area (Å²) in [7, 11) is 0. The third-order valence-electron chi connectivity index (χ3n) is 0.341. The van der Waals surface area contributed by atoms with Gasteiger partial charge in [0.25, 0.3) is 6.47 Å². The fraction of sp³-hybridized carbons (Fsp3) is 0.500. The molecule has 0 aliphatic rings. The maximum atomic E-state index is 9.34. The molecular weight excluding hydrogens is 151 g/mol. The average molecular weight is 158 g/mol. The van der Waals surface area contributed by atoms with Gasteiger partial charge in [0.05, 0.1) is 12.1 Å². The summed E-state index contributed by atoms with van der Waals surface area (Å²) in [5.41, 5.74) is 0. The van der Waals surface area contributed by atoms with Crippen LogP contribution in [-0.2, 0) is 9.59 Å². The van der Waals surface area contributed by atoms with Crippen LogP contribution in [0.3, 0.4) is 0 Å². The molecule has 1 unspecified atom stereocenters.